The Kier molecular flexibility index (Phi) is 2.39. The molecule has 0 aliphatic carbocycles. The molecule has 0 bridgehead atoms. The zero-order chi connectivity index (χ0) is 13.4. The normalized spacial score (nSPS) is 11.0. The van der Waals surface area contributed by atoms with Crippen LogP contribution in [0.4, 0.5) is 0 Å². The third-order valence-corrected chi connectivity index (χ3v) is 3.23. The molecule has 0 aliphatic rings. The molecule has 0 amide bonds. The Balaban J connectivity index is 2.01. The predicted molar refractivity (Wildman–Crippen MR) is 78.1 cm³/mol. The highest BCUT2D eigenvalue weighted by Gasteiger charge is 2.08. The molecule has 0 radical (unpaired) electrons. The topological polar surface area (TPSA) is 51.6 Å². The van der Waals surface area contributed by atoms with Gasteiger partial charge in [0.25, 0.3) is 0 Å². The van der Waals surface area contributed by atoms with Crippen LogP contribution in [0.3, 0.4) is 0 Å². The summed E-state index contributed by atoms with van der Waals surface area (Å²) in [5, 5.41) is 1.03. The maximum Gasteiger partial charge on any atom is 0.162 e. The molecule has 20 heavy (non-hydrogen) atoms. The number of hydrogen-bond donors (Lipinski definition) is 0. The molecule has 2 aromatic heterocycles. The summed E-state index contributed by atoms with van der Waals surface area (Å²) in [6.45, 7) is 0. The van der Waals surface area contributed by atoms with Crippen LogP contribution in [0.25, 0.3) is 33.3 Å². The zero-order valence-corrected chi connectivity index (χ0v) is 10.6. The number of para-hydroxylation sites is 2. The van der Waals surface area contributed by atoms with Gasteiger partial charge in [-0.1, -0.05) is 24.3 Å². The lowest BCUT2D eigenvalue weighted by molar-refractivity contribution is 1.22. The quantitative estimate of drug-likeness (QED) is 0.526. The van der Waals surface area contributed by atoms with Crippen LogP contribution in [0.15, 0.2) is 61.1 Å². The van der Waals surface area contributed by atoms with E-state index in [1.54, 1.807) is 12.4 Å². The molecule has 0 N–H and O–H groups in total. The molecule has 0 fully saturated rings. The van der Waals surface area contributed by atoms with Crippen LogP contribution >= 0.6 is 0 Å². The Morgan fingerprint density at radius 3 is 2.55 bits per heavy atom. The summed E-state index contributed by atoms with van der Waals surface area (Å²) in [5.74, 6) is 0.676. The second kappa shape index (κ2) is 4.35. The molecule has 2 heterocycles. The van der Waals surface area contributed by atoms with Crippen LogP contribution in [0.2, 0.25) is 0 Å². The second-order valence-electron chi connectivity index (χ2n) is 4.48. The van der Waals surface area contributed by atoms with E-state index in [2.05, 4.69) is 19.9 Å². The lowest BCUT2D eigenvalue weighted by Gasteiger charge is -2.04. The summed E-state index contributed by atoms with van der Waals surface area (Å²) in [6, 6.07) is 13.8. The van der Waals surface area contributed by atoms with E-state index in [-0.39, 0.29) is 0 Å². The van der Waals surface area contributed by atoms with E-state index in [4.69, 9.17) is 0 Å². The van der Waals surface area contributed by atoms with Crippen molar-refractivity contribution < 1.29 is 0 Å². The third-order valence-electron chi connectivity index (χ3n) is 3.23. The molecule has 0 atom stereocenters. The van der Waals surface area contributed by atoms with Gasteiger partial charge in [0.2, 0.25) is 0 Å². The molecular weight excluding hydrogens is 248 g/mol. The molecule has 0 aliphatic heterocycles. The molecule has 0 unspecified atom stereocenters. The summed E-state index contributed by atoms with van der Waals surface area (Å²) in [6.07, 6.45) is 5.22. The minimum Gasteiger partial charge on any atom is -0.253 e. The highest BCUT2D eigenvalue weighted by Crippen LogP contribution is 2.24. The second-order valence-corrected chi connectivity index (χ2v) is 4.48. The van der Waals surface area contributed by atoms with Crippen molar-refractivity contribution in [3.63, 3.8) is 0 Å². The number of hydrogen-bond acceptors (Lipinski definition) is 4. The van der Waals surface area contributed by atoms with Crippen molar-refractivity contribution in [3.8, 4) is 11.4 Å². The highest BCUT2D eigenvalue weighted by atomic mass is 14.9. The van der Waals surface area contributed by atoms with E-state index in [1.807, 2.05) is 48.7 Å². The number of fused-ring (bicyclic) bond motifs is 2. The van der Waals surface area contributed by atoms with Gasteiger partial charge in [0.05, 0.1) is 16.6 Å². The molecular formula is C16H10N4. The first-order chi connectivity index (χ1) is 9.92. The lowest BCUT2D eigenvalue weighted by Crippen LogP contribution is -1.92. The Labute approximate surface area is 115 Å². The first-order valence-corrected chi connectivity index (χ1v) is 6.34. The number of rotatable bonds is 1. The third kappa shape index (κ3) is 1.70. The van der Waals surface area contributed by atoms with Gasteiger partial charge >= 0.3 is 0 Å². The predicted octanol–water partition coefficient (Wildman–Crippen LogP) is 3.24. The van der Waals surface area contributed by atoms with Gasteiger partial charge in [-0.25, -0.2) is 9.97 Å². The Morgan fingerprint density at radius 1 is 0.700 bits per heavy atom. The molecule has 94 valence electrons. The largest absolute Gasteiger partial charge is 0.253 e. The molecule has 4 rings (SSSR count). The van der Waals surface area contributed by atoms with E-state index in [1.165, 1.54) is 0 Å². The summed E-state index contributed by atoms with van der Waals surface area (Å²) in [4.78, 5) is 17.8. The smallest absolute Gasteiger partial charge is 0.162 e. The van der Waals surface area contributed by atoms with Crippen LogP contribution in [0.5, 0.6) is 0 Å². The molecule has 0 spiro atoms. The van der Waals surface area contributed by atoms with Crippen LogP contribution < -0.4 is 0 Å². The average molecular weight is 258 g/mol. The highest BCUT2D eigenvalue weighted by molar-refractivity contribution is 5.90. The first kappa shape index (κ1) is 11.0. The fourth-order valence-electron chi connectivity index (χ4n) is 2.28. The van der Waals surface area contributed by atoms with Crippen molar-refractivity contribution in [2.75, 3.05) is 0 Å². The lowest BCUT2D eigenvalue weighted by atomic mass is 10.1. The minimum atomic E-state index is 0.676. The summed E-state index contributed by atoms with van der Waals surface area (Å²) < 4.78 is 0. The molecule has 4 heteroatoms. The minimum absolute atomic E-state index is 0.676. The van der Waals surface area contributed by atoms with E-state index >= 15 is 0 Å². The fourth-order valence-corrected chi connectivity index (χ4v) is 2.28. The van der Waals surface area contributed by atoms with Crippen molar-refractivity contribution in [1.82, 2.24) is 19.9 Å². The Morgan fingerprint density at radius 2 is 1.55 bits per heavy atom. The number of benzene rings is 2. The molecule has 4 nitrogen and oxygen atoms in total. The maximum absolute atomic E-state index is 4.62. The Bertz CT molecular complexity index is 913. The van der Waals surface area contributed by atoms with Crippen molar-refractivity contribution >= 4 is 21.9 Å². The standard InChI is InChI=1S/C16H10N4/c1-2-6-13-11(4-1)10-19-16(20-13)12-5-3-7-14-15(12)18-9-8-17-14/h1-10H. The van der Waals surface area contributed by atoms with Crippen molar-refractivity contribution in [3.05, 3.63) is 61.1 Å². The SMILES string of the molecule is c1ccc2nc(-c3cccc4nccnc34)ncc2c1. The summed E-state index contributed by atoms with van der Waals surface area (Å²) in [5.41, 5.74) is 3.51. The van der Waals surface area contributed by atoms with Crippen LogP contribution in [-0.2, 0) is 0 Å². The van der Waals surface area contributed by atoms with Crippen molar-refractivity contribution in [2.45, 2.75) is 0 Å². The van der Waals surface area contributed by atoms with Crippen LogP contribution in [-0.4, -0.2) is 19.9 Å². The average Bonchev–Trinajstić information content (AvgIpc) is 2.54. The van der Waals surface area contributed by atoms with Gasteiger partial charge in [-0.05, 0) is 18.2 Å². The fraction of sp³-hybridized carbons (Fsp3) is 0. The molecule has 4 aromatic rings. The van der Waals surface area contributed by atoms with Gasteiger partial charge in [0.15, 0.2) is 5.82 Å². The van der Waals surface area contributed by atoms with Crippen molar-refractivity contribution in [2.24, 2.45) is 0 Å². The number of aromatic nitrogens is 4. The van der Waals surface area contributed by atoms with Gasteiger partial charge < -0.3 is 0 Å². The van der Waals surface area contributed by atoms with Gasteiger partial charge in [-0.15, -0.1) is 0 Å². The molecule has 0 saturated carbocycles. The zero-order valence-electron chi connectivity index (χ0n) is 10.6. The van der Waals surface area contributed by atoms with Gasteiger partial charge in [0, 0.05) is 29.5 Å². The van der Waals surface area contributed by atoms with E-state index in [0.717, 1.165) is 27.5 Å². The van der Waals surface area contributed by atoms with Gasteiger partial charge in [-0.3, -0.25) is 9.97 Å². The van der Waals surface area contributed by atoms with E-state index < -0.39 is 0 Å². The van der Waals surface area contributed by atoms with Crippen LogP contribution in [0.1, 0.15) is 0 Å². The Hall–Kier alpha value is -2.88. The van der Waals surface area contributed by atoms with E-state index in [9.17, 15) is 0 Å². The summed E-state index contributed by atoms with van der Waals surface area (Å²) >= 11 is 0. The van der Waals surface area contributed by atoms with E-state index in [0.29, 0.717) is 5.82 Å². The first-order valence-electron chi connectivity index (χ1n) is 6.34. The number of nitrogens with zero attached hydrogens (tertiary/aromatic N) is 4. The van der Waals surface area contributed by atoms with Gasteiger partial charge in [0.1, 0.15) is 0 Å². The van der Waals surface area contributed by atoms with Gasteiger partial charge in [-0.2, -0.15) is 0 Å². The van der Waals surface area contributed by atoms with Crippen LogP contribution in [0, 0.1) is 0 Å². The maximum atomic E-state index is 4.62. The summed E-state index contributed by atoms with van der Waals surface area (Å²) in [7, 11) is 0. The molecule has 0 saturated heterocycles. The monoisotopic (exact) mass is 258 g/mol. The van der Waals surface area contributed by atoms with Crippen molar-refractivity contribution in [1.29, 1.82) is 0 Å². The molecule has 2 aromatic carbocycles.